The van der Waals surface area contributed by atoms with Gasteiger partial charge in [-0.1, -0.05) is 60.8 Å². The molecule has 21 heavy (non-hydrogen) atoms. The normalized spacial score (nSPS) is 12.3. The minimum absolute atomic E-state index is 0. The van der Waals surface area contributed by atoms with Gasteiger partial charge in [-0.05, 0) is 61.8 Å². The van der Waals surface area contributed by atoms with E-state index in [9.17, 15) is 0 Å². The van der Waals surface area contributed by atoms with Gasteiger partial charge in [0.25, 0.3) is 0 Å². The lowest BCUT2D eigenvalue weighted by molar-refractivity contribution is 0.158. The van der Waals surface area contributed by atoms with Gasteiger partial charge in [0.15, 0.2) is 0 Å². The molecular formula is C19H42BrN. The Morgan fingerprint density at radius 1 is 0.667 bits per heavy atom. The van der Waals surface area contributed by atoms with Crippen molar-refractivity contribution in [2.24, 2.45) is 28.9 Å². The lowest BCUT2D eigenvalue weighted by Crippen LogP contribution is -2.24. The molecule has 0 aromatic rings. The van der Waals surface area contributed by atoms with E-state index in [0.717, 1.165) is 24.3 Å². The second-order valence-corrected chi connectivity index (χ2v) is 8.19. The van der Waals surface area contributed by atoms with Gasteiger partial charge < -0.3 is 5.73 Å². The molecule has 0 aliphatic heterocycles. The number of hydrogen-bond donors (Lipinski definition) is 1. The fraction of sp³-hybridized carbons (Fsp3) is 1.00. The van der Waals surface area contributed by atoms with E-state index in [4.69, 9.17) is 5.73 Å². The smallest absolute Gasteiger partial charge is 0.00771 e. The summed E-state index contributed by atoms with van der Waals surface area (Å²) in [5.74, 6) is 2.47. The van der Waals surface area contributed by atoms with Crippen molar-refractivity contribution in [3.8, 4) is 0 Å². The first-order valence-electron chi connectivity index (χ1n) is 9.01. The summed E-state index contributed by atoms with van der Waals surface area (Å²) >= 11 is 0. The average Bonchev–Trinajstić information content (AvgIpc) is 2.36. The standard InChI is InChI=1S/C19H41N.BrH/c1-16(2)8-12-19(11-7-15-20,13-9-17(3)4)14-10-18(5)6;/h16-18H,7-15,20H2,1-6H3;1H. The predicted octanol–water partition coefficient (Wildman–Crippen LogP) is 6.60. The molecule has 130 valence electrons. The van der Waals surface area contributed by atoms with Crippen LogP contribution < -0.4 is 5.73 Å². The van der Waals surface area contributed by atoms with Crippen molar-refractivity contribution in [1.29, 1.82) is 0 Å². The van der Waals surface area contributed by atoms with Crippen LogP contribution in [0.25, 0.3) is 0 Å². The Kier molecular flexibility index (Phi) is 14.6. The largest absolute Gasteiger partial charge is 0.330 e. The first-order valence-corrected chi connectivity index (χ1v) is 9.01. The van der Waals surface area contributed by atoms with E-state index >= 15 is 0 Å². The molecule has 0 rings (SSSR count). The molecule has 0 aromatic carbocycles. The molecule has 0 aliphatic carbocycles. The van der Waals surface area contributed by atoms with Crippen LogP contribution in [0.3, 0.4) is 0 Å². The Labute approximate surface area is 145 Å². The van der Waals surface area contributed by atoms with Gasteiger partial charge in [0.05, 0.1) is 0 Å². The zero-order chi connectivity index (χ0) is 15.6. The number of halogens is 1. The van der Waals surface area contributed by atoms with Crippen LogP contribution in [0, 0.1) is 23.2 Å². The van der Waals surface area contributed by atoms with Gasteiger partial charge in [-0.25, -0.2) is 0 Å². The van der Waals surface area contributed by atoms with Gasteiger partial charge in [0.2, 0.25) is 0 Å². The van der Waals surface area contributed by atoms with Crippen LogP contribution in [0.2, 0.25) is 0 Å². The summed E-state index contributed by atoms with van der Waals surface area (Å²) in [6.45, 7) is 15.0. The maximum absolute atomic E-state index is 5.80. The molecule has 2 N–H and O–H groups in total. The number of nitrogens with two attached hydrogens (primary N) is 1. The molecule has 0 saturated heterocycles. The molecule has 0 heterocycles. The summed E-state index contributed by atoms with van der Waals surface area (Å²) in [5.41, 5.74) is 6.37. The third-order valence-corrected chi connectivity index (χ3v) is 4.67. The van der Waals surface area contributed by atoms with Gasteiger partial charge in [-0.2, -0.15) is 0 Å². The zero-order valence-electron chi connectivity index (χ0n) is 15.6. The van der Waals surface area contributed by atoms with E-state index < -0.39 is 0 Å². The molecule has 0 bridgehead atoms. The molecule has 0 spiro atoms. The summed E-state index contributed by atoms with van der Waals surface area (Å²) in [7, 11) is 0. The van der Waals surface area contributed by atoms with Crippen LogP contribution in [0.4, 0.5) is 0 Å². The van der Waals surface area contributed by atoms with E-state index in [1.54, 1.807) is 0 Å². The second-order valence-electron chi connectivity index (χ2n) is 8.19. The van der Waals surface area contributed by atoms with Crippen LogP contribution in [-0.2, 0) is 0 Å². The van der Waals surface area contributed by atoms with Gasteiger partial charge in [0, 0.05) is 0 Å². The second kappa shape index (κ2) is 12.9. The highest BCUT2D eigenvalue weighted by molar-refractivity contribution is 8.93. The SMILES string of the molecule is Br.CC(C)CCC(CCCN)(CCC(C)C)CCC(C)C. The Balaban J connectivity index is 0. The molecule has 1 nitrogen and oxygen atoms in total. The van der Waals surface area contributed by atoms with Crippen molar-refractivity contribution in [2.45, 2.75) is 92.9 Å². The Morgan fingerprint density at radius 3 is 1.24 bits per heavy atom. The van der Waals surface area contributed by atoms with Crippen LogP contribution in [0.5, 0.6) is 0 Å². The quantitative estimate of drug-likeness (QED) is 0.415. The lowest BCUT2D eigenvalue weighted by atomic mass is 9.69. The summed E-state index contributed by atoms with van der Waals surface area (Å²) in [5, 5.41) is 0. The molecule has 0 aliphatic rings. The van der Waals surface area contributed by atoms with Gasteiger partial charge in [-0.15, -0.1) is 17.0 Å². The zero-order valence-corrected chi connectivity index (χ0v) is 17.3. The predicted molar refractivity (Wildman–Crippen MR) is 103 cm³/mol. The molecule has 2 heteroatoms. The fourth-order valence-electron chi connectivity index (χ4n) is 3.01. The number of rotatable bonds is 12. The molecule has 0 amide bonds. The van der Waals surface area contributed by atoms with Crippen molar-refractivity contribution in [3.63, 3.8) is 0 Å². The third kappa shape index (κ3) is 12.6. The summed E-state index contributed by atoms with van der Waals surface area (Å²) < 4.78 is 0. The average molecular weight is 364 g/mol. The first-order chi connectivity index (χ1) is 9.31. The topological polar surface area (TPSA) is 26.0 Å². The van der Waals surface area contributed by atoms with E-state index in [-0.39, 0.29) is 17.0 Å². The van der Waals surface area contributed by atoms with Gasteiger partial charge in [0.1, 0.15) is 0 Å². The van der Waals surface area contributed by atoms with Crippen molar-refractivity contribution >= 4 is 17.0 Å². The maximum Gasteiger partial charge on any atom is -0.00771 e. The molecule has 0 radical (unpaired) electrons. The lowest BCUT2D eigenvalue weighted by Gasteiger charge is -2.36. The molecule has 0 atom stereocenters. The van der Waals surface area contributed by atoms with Crippen molar-refractivity contribution in [1.82, 2.24) is 0 Å². The minimum atomic E-state index is 0. The molecule has 0 unspecified atom stereocenters. The first kappa shape index (κ1) is 23.7. The van der Waals surface area contributed by atoms with Crippen molar-refractivity contribution in [3.05, 3.63) is 0 Å². The third-order valence-electron chi connectivity index (χ3n) is 4.67. The molecule has 0 fully saturated rings. The fourth-order valence-corrected chi connectivity index (χ4v) is 3.01. The highest BCUT2D eigenvalue weighted by Crippen LogP contribution is 2.42. The Hall–Kier alpha value is 0.440. The van der Waals surface area contributed by atoms with E-state index in [1.165, 1.54) is 51.4 Å². The van der Waals surface area contributed by atoms with Crippen molar-refractivity contribution in [2.75, 3.05) is 6.54 Å². The monoisotopic (exact) mass is 363 g/mol. The maximum atomic E-state index is 5.80. The van der Waals surface area contributed by atoms with E-state index in [2.05, 4.69) is 41.5 Å². The molecule has 0 saturated carbocycles. The van der Waals surface area contributed by atoms with E-state index in [0.29, 0.717) is 5.41 Å². The highest BCUT2D eigenvalue weighted by atomic mass is 79.9. The Morgan fingerprint density at radius 2 is 1.00 bits per heavy atom. The van der Waals surface area contributed by atoms with Crippen LogP contribution in [-0.4, -0.2) is 6.54 Å². The van der Waals surface area contributed by atoms with Gasteiger partial charge >= 0.3 is 0 Å². The van der Waals surface area contributed by atoms with Crippen LogP contribution in [0.15, 0.2) is 0 Å². The van der Waals surface area contributed by atoms with Crippen molar-refractivity contribution < 1.29 is 0 Å². The minimum Gasteiger partial charge on any atom is -0.330 e. The molecular weight excluding hydrogens is 322 g/mol. The Bertz CT molecular complexity index is 192. The summed E-state index contributed by atoms with van der Waals surface area (Å²) in [6, 6.07) is 0. The van der Waals surface area contributed by atoms with Crippen LogP contribution in [0.1, 0.15) is 92.9 Å². The molecule has 0 aromatic heterocycles. The highest BCUT2D eigenvalue weighted by Gasteiger charge is 2.29. The summed E-state index contributed by atoms with van der Waals surface area (Å²) in [6.07, 6.45) is 10.9. The van der Waals surface area contributed by atoms with E-state index in [1.807, 2.05) is 0 Å². The van der Waals surface area contributed by atoms with Crippen LogP contribution >= 0.6 is 17.0 Å². The van der Waals surface area contributed by atoms with Gasteiger partial charge in [-0.3, -0.25) is 0 Å². The number of hydrogen-bond acceptors (Lipinski definition) is 1. The summed E-state index contributed by atoms with van der Waals surface area (Å²) in [4.78, 5) is 0.